The summed E-state index contributed by atoms with van der Waals surface area (Å²) < 4.78 is 0. The standard InChI is InChI=1S/C17H26O/c1-4-5-6-7-11-14-16(18)17(2,3)15-12-9-8-10-13-15/h4,8-10,12-13,16,18H,1,5-7,11,14H2,2-3H3. The second kappa shape index (κ2) is 7.38. The first-order valence-corrected chi connectivity index (χ1v) is 6.93. The lowest BCUT2D eigenvalue weighted by Crippen LogP contribution is -2.33. The van der Waals surface area contributed by atoms with Crippen molar-refractivity contribution in [3.63, 3.8) is 0 Å². The zero-order chi connectivity index (χ0) is 13.4. The number of aliphatic hydroxyl groups is 1. The predicted octanol–water partition coefficient (Wildman–Crippen LogP) is 4.46. The summed E-state index contributed by atoms with van der Waals surface area (Å²) in [6.45, 7) is 7.97. The van der Waals surface area contributed by atoms with Gasteiger partial charge in [-0.1, -0.05) is 63.1 Å². The van der Waals surface area contributed by atoms with E-state index in [0.717, 1.165) is 19.3 Å². The van der Waals surface area contributed by atoms with Crippen LogP contribution in [-0.4, -0.2) is 11.2 Å². The maximum Gasteiger partial charge on any atom is 0.0631 e. The van der Waals surface area contributed by atoms with Crippen molar-refractivity contribution in [1.82, 2.24) is 0 Å². The Morgan fingerprint density at radius 1 is 1.17 bits per heavy atom. The molecule has 1 rings (SSSR count). The molecule has 0 amide bonds. The molecule has 0 bridgehead atoms. The number of allylic oxidation sites excluding steroid dienone is 1. The molecular weight excluding hydrogens is 220 g/mol. The summed E-state index contributed by atoms with van der Waals surface area (Å²) in [5.41, 5.74) is 1.04. The summed E-state index contributed by atoms with van der Waals surface area (Å²) in [6.07, 6.45) is 7.09. The van der Waals surface area contributed by atoms with E-state index in [1.54, 1.807) is 0 Å². The Bertz CT molecular complexity index is 340. The van der Waals surface area contributed by atoms with Crippen molar-refractivity contribution in [3.05, 3.63) is 48.6 Å². The number of hydrogen-bond donors (Lipinski definition) is 1. The number of rotatable bonds is 8. The largest absolute Gasteiger partial charge is 0.392 e. The average Bonchev–Trinajstić information content (AvgIpc) is 2.39. The second-order valence-corrected chi connectivity index (χ2v) is 5.53. The highest BCUT2D eigenvalue weighted by molar-refractivity contribution is 5.24. The van der Waals surface area contributed by atoms with Gasteiger partial charge in [-0.15, -0.1) is 6.58 Å². The highest BCUT2D eigenvalue weighted by Crippen LogP contribution is 2.29. The van der Waals surface area contributed by atoms with Crippen LogP contribution in [0.5, 0.6) is 0 Å². The van der Waals surface area contributed by atoms with Gasteiger partial charge in [-0.3, -0.25) is 0 Å². The van der Waals surface area contributed by atoms with Gasteiger partial charge in [0.1, 0.15) is 0 Å². The Kier molecular flexibility index (Phi) is 6.14. The van der Waals surface area contributed by atoms with E-state index in [0.29, 0.717) is 0 Å². The van der Waals surface area contributed by atoms with Crippen molar-refractivity contribution in [2.24, 2.45) is 0 Å². The Hall–Kier alpha value is -1.08. The topological polar surface area (TPSA) is 20.2 Å². The molecule has 1 N–H and O–H groups in total. The third kappa shape index (κ3) is 4.30. The molecule has 1 aromatic rings. The highest BCUT2D eigenvalue weighted by atomic mass is 16.3. The molecule has 100 valence electrons. The van der Waals surface area contributed by atoms with E-state index in [2.05, 4.69) is 32.6 Å². The maximum absolute atomic E-state index is 10.4. The van der Waals surface area contributed by atoms with Crippen LogP contribution in [0.15, 0.2) is 43.0 Å². The van der Waals surface area contributed by atoms with Gasteiger partial charge in [-0.2, -0.15) is 0 Å². The fraction of sp³-hybridized carbons (Fsp3) is 0.529. The van der Waals surface area contributed by atoms with Crippen LogP contribution in [0.1, 0.15) is 51.5 Å². The Morgan fingerprint density at radius 3 is 2.44 bits per heavy atom. The maximum atomic E-state index is 10.4. The predicted molar refractivity (Wildman–Crippen MR) is 78.8 cm³/mol. The molecule has 1 nitrogen and oxygen atoms in total. The number of aliphatic hydroxyl groups excluding tert-OH is 1. The SMILES string of the molecule is C=CCCCCCC(O)C(C)(C)c1ccccc1. The van der Waals surface area contributed by atoms with Crippen LogP contribution < -0.4 is 0 Å². The van der Waals surface area contributed by atoms with Gasteiger partial charge < -0.3 is 5.11 Å². The monoisotopic (exact) mass is 246 g/mol. The van der Waals surface area contributed by atoms with Crippen molar-refractivity contribution >= 4 is 0 Å². The van der Waals surface area contributed by atoms with Crippen LogP contribution in [-0.2, 0) is 5.41 Å². The van der Waals surface area contributed by atoms with Crippen molar-refractivity contribution in [2.45, 2.75) is 57.5 Å². The summed E-state index contributed by atoms with van der Waals surface area (Å²) in [4.78, 5) is 0. The van der Waals surface area contributed by atoms with Crippen LogP contribution in [0.2, 0.25) is 0 Å². The Morgan fingerprint density at radius 2 is 1.83 bits per heavy atom. The molecule has 0 aliphatic rings. The smallest absolute Gasteiger partial charge is 0.0631 e. The lowest BCUT2D eigenvalue weighted by atomic mass is 9.77. The van der Waals surface area contributed by atoms with Gasteiger partial charge in [-0.25, -0.2) is 0 Å². The normalized spacial score (nSPS) is 13.3. The quantitative estimate of drug-likeness (QED) is 0.530. The zero-order valence-electron chi connectivity index (χ0n) is 11.7. The van der Waals surface area contributed by atoms with E-state index in [-0.39, 0.29) is 11.5 Å². The molecule has 0 aliphatic carbocycles. The molecule has 0 fully saturated rings. The van der Waals surface area contributed by atoms with Crippen LogP contribution in [0, 0.1) is 0 Å². The lowest BCUT2D eigenvalue weighted by Gasteiger charge is -2.31. The van der Waals surface area contributed by atoms with Gasteiger partial charge in [0.05, 0.1) is 6.10 Å². The van der Waals surface area contributed by atoms with Crippen LogP contribution in [0.25, 0.3) is 0 Å². The minimum Gasteiger partial charge on any atom is -0.392 e. The molecule has 0 aliphatic heterocycles. The van der Waals surface area contributed by atoms with E-state index < -0.39 is 0 Å². The van der Waals surface area contributed by atoms with Crippen LogP contribution in [0.4, 0.5) is 0 Å². The zero-order valence-corrected chi connectivity index (χ0v) is 11.7. The molecule has 0 saturated carbocycles. The molecule has 0 radical (unpaired) electrons. The second-order valence-electron chi connectivity index (χ2n) is 5.53. The van der Waals surface area contributed by atoms with Gasteiger partial charge in [0.2, 0.25) is 0 Å². The van der Waals surface area contributed by atoms with Gasteiger partial charge >= 0.3 is 0 Å². The fourth-order valence-corrected chi connectivity index (χ4v) is 2.22. The average molecular weight is 246 g/mol. The molecule has 0 heterocycles. The summed E-state index contributed by atoms with van der Waals surface area (Å²) in [7, 11) is 0. The minimum absolute atomic E-state index is 0.167. The third-order valence-electron chi connectivity index (χ3n) is 3.74. The Balaban J connectivity index is 2.44. The first-order valence-electron chi connectivity index (χ1n) is 6.93. The Labute approximate surface area is 112 Å². The van der Waals surface area contributed by atoms with Crippen molar-refractivity contribution in [1.29, 1.82) is 0 Å². The first kappa shape index (κ1) is 15.0. The van der Waals surface area contributed by atoms with Crippen molar-refractivity contribution in [2.75, 3.05) is 0 Å². The molecule has 1 atom stereocenters. The van der Waals surface area contributed by atoms with E-state index in [1.165, 1.54) is 18.4 Å². The minimum atomic E-state index is -0.274. The molecule has 1 heteroatoms. The van der Waals surface area contributed by atoms with Crippen LogP contribution in [0.3, 0.4) is 0 Å². The summed E-state index contributed by atoms with van der Waals surface area (Å²) in [5, 5.41) is 10.4. The third-order valence-corrected chi connectivity index (χ3v) is 3.74. The van der Waals surface area contributed by atoms with Crippen molar-refractivity contribution in [3.8, 4) is 0 Å². The molecular formula is C17H26O. The van der Waals surface area contributed by atoms with Gasteiger partial charge in [-0.05, 0) is 24.8 Å². The molecule has 1 aromatic carbocycles. The summed E-state index contributed by atoms with van der Waals surface area (Å²) in [6, 6.07) is 10.3. The fourth-order valence-electron chi connectivity index (χ4n) is 2.22. The van der Waals surface area contributed by atoms with Gasteiger partial charge in [0, 0.05) is 5.41 Å². The number of benzene rings is 1. The highest BCUT2D eigenvalue weighted by Gasteiger charge is 2.28. The van der Waals surface area contributed by atoms with E-state index in [1.807, 2.05) is 24.3 Å². The molecule has 0 aromatic heterocycles. The first-order chi connectivity index (χ1) is 8.59. The van der Waals surface area contributed by atoms with E-state index >= 15 is 0 Å². The molecule has 18 heavy (non-hydrogen) atoms. The summed E-state index contributed by atoms with van der Waals surface area (Å²) in [5.74, 6) is 0. The van der Waals surface area contributed by atoms with E-state index in [4.69, 9.17) is 0 Å². The van der Waals surface area contributed by atoms with Crippen molar-refractivity contribution < 1.29 is 5.11 Å². The molecule has 0 saturated heterocycles. The molecule has 0 spiro atoms. The number of unbranched alkanes of at least 4 members (excludes halogenated alkanes) is 3. The lowest BCUT2D eigenvalue weighted by molar-refractivity contribution is 0.0885. The number of hydrogen-bond acceptors (Lipinski definition) is 1. The van der Waals surface area contributed by atoms with Gasteiger partial charge in [0.15, 0.2) is 0 Å². The van der Waals surface area contributed by atoms with E-state index in [9.17, 15) is 5.11 Å². The molecule has 1 unspecified atom stereocenters. The van der Waals surface area contributed by atoms with Crippen LogP contribution >= 0.6 is 0 Å². The van der Waals surface area contributed by atoms with Gasteiger partial charge in [0.25, 0.3) is 0 Å². The summed E-state index contributed by atoms with van der Waals surface area (Å²) >= 11 is 0.